The molecule has 3 aromatic rings. The number of aromatic nitrogens is 1. The molecular formula is C27H31N3O5. The number of carbonyl (C=O) groups is 1. The van der Waals surface area contributed by atoms with Crippen molar-refractivity contribution in [1.82, 2.24) is 14.8 Å². The van der Waals surface area contributed by atoms with Gasteiger partial charge in [0.15, 0.2) is 11.5 Å². The van der Waals surface area contributed by atoms with Gasteiger partial charge in [-0.1, -0.05) is 29.8 Å². The van der Waals surface area contributed by atoms with Gasteiger partial charge in [0.2, 0.25) is 5.75 Å². The van der Waals surface area contributed by atoms with E-state index in [-0.39, 0.29) is 17.0 Å². The lowest BCUT2D eigenvalue weighted by atomic mass is 10.1. The van der Waals surface area contributed by atoms with Gasteiger partial charge in [0, 0.05) is 44.0 Å². The van der Waals surface area contributed by atoms with E-state index in [0.29, 0.717) is 55.7 Å². The van der Waals surface area contributed by atoms with E-state index in [1.807, 2.05) is 43.3 Å². The fraction of sp³-hybridized carbons (Fsp3) is 0.333. The Kier molecular flexibility index (Phi) is 7.41. The van der Waals surface area contributed by atoms with Gasteiger partial charge >= 0.3 is 0 Å². The Balaban J connectivity index is 1.42. The predicted molar refractivity (Wildman–Crippen MR) is 135 cm³/mol. The molecule has 35 heavy (non-hydrogen) atoms. The number of benzene rings is 2. The Hall–Kier alpha value is -3.78. The van der Waals surface area contributed by atoms with Gasteiger partial charge in [-0.25, -0.2) is 0 Å². The van der Waals surface area contributed by atoms with Crippen LogP contribution in [-0.2, 0) is 6.54 Å². The van der Waals surface area contributed by atoms with Crippen molar-refractivity contribution in [3.8, 4) is 28.5 Å². The highest BCUT2D eigenvalue weighted by Crippen LogP contribution is 2.40. The molecule has 0 atom stereocenters. The first-order valence-corrected chi connectivity index (χ1v) is 11.5. The normalized spacial score (nSPS) is 14.0. The van der Waals surface area contributed by atoms with Crippen molar-refractivity contribution in [2.24, 2.45) is 0 Å². The van der Waals surface area contributed by atoms with Crippen molar-refractivity contribution < 1.29 is 19.0 Å². The quantitative estimate of drug-likeness (QED) is 0.562. The van der Waals surface area contributed by atoms with Crippen molar-refractivity contribution in [2.75, 3.05) is 47.5 Å². The van der Waals surface area contributed by atoms with E-state index in [9.17, 15) is 9.59 Å². The molecule has 8 nitrogen and oxygen atoms in total. The Morgan fingerprint density at radius 2 is 1.66 bits per heavy atom. The highest BCUT2D eigenvalue weighted by atomic mass is 16.5. The van der Waals surface area contributed by atoms with Gasteiger partial charge in [0.05, 0.1) is 21.3 Å². The molecule has 184 valence electrons. The molecule has 1 aliphatic heterocycles. The van der Waals surface area contributed by atoms with E-state index in [2.05, 4.69) is 9.88 Å². The zero-order valence-electron chi connectivity index (χ0n) is 20.6. The molecule has 1 fully saturated rings. The second-order valence-corrected chi connectivity index (χ2v) is 8.55. The number of aromatic amines is 1. The molecular weight excluding hydrogens is 446 g/mol. The lowest BCUT2D eigenvalue weighted by Gasteiger charge is -2.35. The first kappa shape index (κ1) is 24.3. The smallest absolute Gasteiger partial charge is 0.261 e. The summed E-state index contributed by atoms with van der Waals surface area (Å²) in [6.45, 7) is 5.09. The fourth-order valence-corrected chi connectivity index (χ4v) is 4.43. The molecule has 1 saturated heterocycles. The van der Waals surface area contributed by atoms with Crippen molar-refractivity contribution in [3.63, 3.8) is 0 Å². The average molecular weight is 478 g/mol. The molecule has 0 aliphatic carbocycles. The lowest BCUT2D eigenvalue weighted by molar-refractivity contribution is 0.0625. The molecule has 4 rings (SSSR count). The number of hydrogen-bond acceptors (Lipinski definition) is 6. The largest absolute Gasteiger partial charge is 0.493 e. The summed E-state index contributed by atoms with van der Waals surface area (Å²) < 4.78 is 16.4. The number of nitrogens with one attached hydrogen (secondary N) is 1. The van der Waals surface area contributed by atoms with E-state index in [1.165, 1.54) is 0 Å². The van der Waals surface area contributed by atoms with Crippen molar-refractivity contribution in [3.05, 3.63) is 75.6 Å². The van der Waals surface area contributed by atoms with E-state index in [0.717, 1.165) is 16.7 Å². The highest BCUT2D eigenvalue weighted by Gasteiger charge is 2.25. The molecule has 2 heterocycles. The molecule has 1 aromatic heterocycles. The van der Waals surface area contributed by atoms with Crippen LogP contribution in [0.2, 0.25) is 0 Å². The summed E-state index contributed by atoms with van der Waals surface area (Å²) in [4.78, 5) is 32.6. The summed E-state index contributed by atoms with van der Waals surface area (Å²) in [6.07, 6.45) is 0. The van der Waals surface area contributed by atoms with Gasteiger partial charge < -0.3 is 24.1 Å². The maximum absolute atomic E-state index is 13.1. The summed E-state index contributed by atoms with van der Waals surface area (Å²) in [7, 11) is 4.79. The number of pyridine rings is 1. The van der Waals surface area contributed by atoms with Crippen LogP contribution in [0.5, 0.6) is 17.2 Å². The summed E-state index contributed by atoms with van der Waals surface area (Å²) in [5.74, 6) is 1.58. The third-order valence-corrected chi connectivity index (χ3v) is 6.31. The van der Waals surface area contributed by atoms with E-state index in [1.54, 1.807) is 38.4 Å². The first-order chi connectivity index (χ1) is 16.9. The molecule has 0 spiro atoms. The number of amides is 1. The number of ether oxygens (including phenoxy) is 3. The second-order valence-electron chi connectivity index (χ2n) is 8.55. The van der Waals surface area contributed by atoms with Gasteiger partial charge in [-0.2, -0.15) is 0 Å². The lowest BCUT2D eigenvalue weighted by Crippen LogP contribution is -2.49. The third kappa shape index (κ3) is 5.17. The number of hydrogen-bond donors (Lipinski definition) is 1. The Labute approximate surface area is 205 Å². The Morgan fingerprint density at radius 1 is 0.914 bits per heavy atom. The van der Waals surface area contributed by atoms with Crippen LogP contribution in [0.4, 0.5) is 0 Å². The van der Waals surface area contributed by atoms with Gasteiger partial charge in [0.25, 0.3) is 11.5 Å². The van der Waals surface area contributed by atoms with E-state index < -0.39 is 0 Å². The second kappa shape index (κ2) is 10.7. The molecule has 1 amide bonds. The van der Waals surface area contributed by atoms with Crippen LogP contribution < -0.4 is 19.8 Å². The van der Waals surface area contributed by atoms with Crippen LogP contribution in [-0.4, -0.2) is 68.2 Å². The molecule has 1 N–H and O–H groups in total. The average Bonchev–Trinajstić information content (AvgIpc) is 2.88. The maximum Gasteiger partial charge on any atom is 0.261 e. The fourth-order valence-electron chi connectivity index (χ4n) is 4.43. The van der Waals surface area contributed by atoms with E-state index >= 15 is 0 Å². The Morgan fingerprint density at radius 3 is 2.29 bits per heavy atom. The van der Waals surface area contributed by atoms with Crippen LogP contribution in [0.15, 0.2) is 53.3 Å². The van der Waals surface area contributed by atoms with Crippen LogP contribution in [0, 0.1) is 6.92 Å². The molecule has 1 aliphatic rings. The first-order valence-electron chi connectivity index (χ1n) is 11.5. The van der Waals surface area contributed by atoms with Gasteiger partial charge in [-0.15, -0.1) is 0 Å². The molecule has 0 bridgehead atoms. The van der Waals surface area contributed by atoms with Gasteiger partial charge in [0.1, 0.15) is 5.56 Å². The molecule has 8 heteroatoms. The van der Waals surface area contributed by atoms with E-state index in [4.69, 9.17) is 14.2 Å². The van der Waals surface area contributed by atoms with Gasteiger partial charge in [-0.05, 0) is 36.8 Å². The number of aryl methyl sites for hydroxylation is 1. The molecule has 2 aromatic carbocycles. The maximum atomic E-state index is 13.1. The van der Waals surface area contributed by atoms with Crippen LogP contribution >= 0.6 is 0 Å². The molecule has 0 radical (unpaired) electrons. The topological polar surface area (TPSA) is 84.1 Å². The van der Waals surface area contributed by atoms with Gasteiger partial charge in [-0.3, -0.25) is 14.5 Å². The number of H-pyrrole nitrogens is 1. The monoisotopic (exact) mass is 477 g/mol. The number of carbonyl (C=O) groups excluding carboxylic acids is 1. The minimum absolute atomic E-state index is 0.163. The highest BCUT2D eigenvalue weighted by molar-refractivity contribution is 5.94. The van der Waals surface area contributed by atoms with Crippen LogP contribution in [0.1, 0.15) is 21.5 Å². The number of rotatable bonds is 7. The number of nitrogens with zero attached hydrogens (tertiary/aromatic N) is 2. The minimum Gasteiger partial charge on any atom is -0.493 e. The zero-order valence-corrected chi connectivity index (χ0v) is 20.6. The summed E-state index contributed by atoms with van der Waals surface area (Å²) in [5.41, 5.74) is 3.49. The summed E-state index contributed by atoms with van der Waals surface area (Å²) in [6, 6.07) is 15.1. The SMILES string of the molecule is COc1ccc(CN2CCN(C(=O)c3ccc(-c4cccc(C)c4)[nH]c3=O)CC2)c(OC)c1OC. The van der Waals surface area contributed by atoms with Crippen LogP contribution in [0.3, 0.4) is 0 Å². The Bertz CT molecular complexity index is 1260. The summed E-state index contributed by atoms with van der Waals surface area (Å²) >= 11 is 0. The predicted octanol–water partition coefficient (Wildman–Crippen LogP) is 3.33. The van der Waals surface area contributed by atoms with Crippen LogP contribution in [0.25, 0.3) is 11.3 Å². The zero-order chi connectivity index (χ0) is 24.9. The number of methoxy groups -OCH3 is 3. The molecule has 0 unspecified atom stereocenters. The van der Waals surface area contributed by atoms with Crippen molar-refractivity contribution >= 4 is 5.91 Å². The summed E-state index contributed by atoms with van der Waals surface area (Å²) in [5, 5.41) is 0. The number of piperazine rings is 1. The standard InChI is InChI=1S/C27H31N3O5/c1-18-6-5-7-19(16-18)22-10-9-21(26(31)28-22)27(32)30-14-12-29(13-15-30)17-20-8-11-23(33-2)25(35-4)24(20)34-3/h5-11,16H,12-15,17H2,1-4H3,(H,28,31). The minimum atomic E-state index is -0.369. The van der Waals surface area contributed by atoms with Crippen molar-refractivity contribution in [1.29, 1.82) is 0 Å². The van der Waals surface area contributed by atoms with Crippen molar-refractivity contribution in [2.45, 2.75) is 13.5 Å². The molecule has 0 saturated carbocycles. The third-order valence-electron chi connectivity index (χ3n) is 6.31.